The van der Waals surface area contributed by atoms with Crippen molar-refractivity contribution in [2.45, 2.75) is 32.8 Å². The molecule has 2 aromatic rings. The Kier molecular flexibility index (Phi) is 7.07. The van der Waals surface area contributed by atoms with E-state index in [1.54, 1.807) is 12.1 Å². The maximum atomic E-state index is 13.0. The van der Waals surface area contributed by atoms with Crippen molar-refractivity contribution in [3.63, 3.8) is 0 Å². The number of anilines is 1. The Morgan fingerprint density at radius 2 is 1.78 bits per heavy atom. The number of carbonyl (C=O) groups is 3. The molecule has 2 rings (SSSR count). The second-order valence-corrected chi connectivity index (χ2v) is 6.44. The molecule has 0 bridgehead atoms. The summed E-state index contributed by atoms with van der Waals surface area (Å²) in [4.78, 5) is 36.0. The maximum Gasteiger partial charge on any atom is 0.307 e. The molecule has 5 nitrogen and oxygen atoms in total. The van der Waals surface area contributed by atoms with Crippen LogP contribution in [0, 0.1) is 12.7 Å². The summed E-state index contributed by atoms with van der Waals surface area (Å²) in [5.41, 5.74) is 1.76. The second kappa shape index (κ2) is 9.28. The Morgan fingerprint density at radius 3 is 2.41 bits per heavy atom. The van der Waals surface area contributed by atoms with Gasteiger partial charge in [0.15, 0.2) is 11.9 Å². The number of rotatable bonds is 7. The fourth-order valence-electron chi connectivity index (χ4n) is 2.23. The highest BCUT2D eigenvalue weighted by Gasteiger charge is 2.19. The third-order valence-corrected chi connectivity index (χ3v) is 4.11. The van der Waals surface area contributed by atoms with Crippen LogP contribution in [-0.2, 0) is 14.3 Å². The Balaban J connectivity index is 1.82. The number of nitrogens with one attached hydrogen (secondary N) is 1. The number of Topliss-reactive ketones (excluding diaryl/α,β-unsaturated/α-hetero) is 1. The van der Waals surface area contributed by atoms with Crippen molar-refractivity contribution in [1.29, 1.82) is 0 Å². The zero-order chi connectivity index (χ0) is 20.0. The summed E-state index contributed by atoms with van der Waals surface area (Å²) in [7, 11) is 0. The fraction of sp³-hybridized carbons (Fsp3) is 0.250. The highest BCUT2D eigenvalue weighted by Crippen LogP contribution is 2.22. The van der Waals surface area contributed by atoms with Gasteiger partial charge in [0.25, 0.3) is 5.91 Å². The first-order valence-electron chi connectivity index (χ1n) is 8.31. The molecule has 0 aromatic heterocycles. The number of esters is 1. The summed E-state index contributed by atoms with van der Waals surface area (Å²) in [6.45, 7) is 3.31. The largest absolute Gasteiger partial charge is 0.453 e. The molecule has 0 aliphatic heterocycles. The molecule has 2 aromatic carbocycles. The summed E-state index contributed by atoms with van der Waals surface area (Å²) < 4.78 is 18.0. The molecule has 0 aliphatic rings. The fourth-order valence-corrected chi connectivity index (χ4v) is 2.45. The number of hydrogen-bond acceptors (Lipinski definition) is 4. The lowest BCUT2D eigenvalue weighted by atomic mass is 10.1. The minimum absolute atomic E-state index is 0.0139. The van der Waals surface area contributed by atoms with Crippen LogP contribution in [0.2, 0.25) is 5.02 Å². The number of amides is 1. The molecule has 0 spiro atoms. The number of hydrogen-bond donors (Lipinski definition) is 1. The van der Waals surface area contributed by atoms with Crippen molar-refractivity contribution in [3.8, 4) is 0 Å². The van der Waals surface area contributed by atoms with Gasteiger partial charge in [-0.1, -0.05) is 41.4 Å². The van der Waals surface area contributed by atoms with E-state index in [-0.39, 0.29) is 29.3 Å². The van der Waals surface area contributed by atoms with E-state index in [2.05, 4.69) is 5.32 Å². The van der Waals surface area contributed by atoms with E-state index in [1.165, 1.54) is 13.0 Å². The van der Waals surface area contributed by atoms with Crippen LogP contribution in [0.25, 0.3) is 0 Å². The molecule has 1 N–H and O–H groups in total. The molecule has 1 atom stereocenters. The zero-order valence-corrected chi connectivity index (χ0v) is 15.7. The zero-order valence-electron chi connectivity index (χ0n) is 14.9. The quantitative estimate of drug-likeness (QED) is 0.563. The lowest BCUT2D eigenvalue weighted by Crippen LogP contribution is -2.30. The van der Waals surface area contributed by atoms with Gasteiger partial charge in [0.05, 0.1) is 17.1 Å². The molecule has 1 unspecified atom stereocenters. The van der Waals surface area contributed by atoms with E-state index in [0.717, 1.165) is 17.7 Å². The molecule has 0 aliphatic carbocycles. The van der Waals surface area contributed by atoms with Crippen LogP contribution in [0.3, 0.4) is 0 Å². The maximum absolute atomic E-state index is 13.0. The molecular weight excluding hydrogens is 373 g/mol. The summed E-state index contributed by atoms with van der Waals surface area (Å²) in [6.07, 6.45) is -1.24. The molecule has 0 radical (unpaired) electrons. The van der Waals surface area contributed by atoms with Crippen molar-refractivity contribution in [2.24, 2.45) is 0 Å². The normalized spacial score (nSPS) is 11.6. The minimum Gasteiger partial charge on any atom is -0.453 e. The first kappa shape index (κ1) is 20.6. The van der Waals surface area contributed by atoms with Crippen LogP contribution in [0.1, 0.15) is 35.7 Å². The molecule has 0 saturated carbocycles. The van der Waals surface area contributed by atoms with Gasteiger partial charge >= 0.3 is 5.97 Å². The standard InChI is InChI=1S/C20H19ClFNO4/c1-12-3-5-14(6-4-12)18(24)9-10-19(25)27-13(2)20(26)23-17-8-7-15(22)11-16(17)21/h3-8,11,13H,9-10H2,1-2H3,(H,23,26). The van der Waals surface area contributed by atoms with Gasteiger partial charge in [-0.05, 0) is 32.0 Å². The number of carbonyl (C=O) groups excluding carboxylic acids is 3. The van der Waals surface area contributed by atoms with Crippen molar-refractivity contribution in [3.05, 3.63) is 64.4 Å². The van der Waals surface area contributed by atoms with Crippen LogP contribution < -0.4 is 5.32 Å². The van der Waals surface area contributed by atoms with E-state index in [9.17, 15) is 18.8 Å². The van der Waals surface area contributed by atoms with E-state index in [1.807, 2.05) is 19.1 Å². The summed E-state index contributed by atoms with van der Waals surface area (Å²) >= 11 is 5.84. The van der Waals surface area contributed by atoms with Crippen molar-refractivity contribution in [2.75, 3.05) is 5.32 Å². The van der Waals surface area contributed by atoms with Crippen LogP contribution >= 0.6 is 11.6 Å². The van der Waals surface area contributed by atoms with Gasteiger partial charge in [-0.2, -0.15) is 0 Å². The molecule has 1 amide bonds. The Morgan fingerprint density at radius 1 is 1.11 bits per heavy atom. The number of ketones is 1. The van der Waals surface area contributed by atoms with Gasteiger partial charge in [0.1, 0.15) is 5.82 Å². The predicted molar refractivity (Wildman–Crippen MR) is 100 cm³/mol. The average Bonchev–Trinajstić information content (AvgIpc) is 2.62. The smallest absolute Gasteiger partial charge is 0.307 e. The van der Waals surface area contributed by atoms with E-state index in [4.69, 9.17) is 16.3 Å². The van der Waals surface area contributed by atoms with Crippen molar-refractivity contribution < 1.29 is 23.5 Å². The Bertz CT molecular complexity index is 852. The topological polar surface area (TPSA) is 72.5 Å². The molecule has 0 saturated heterocycles. The first-order chi connectivity index (χ1) is 12.8. The summed E-state index contributed by atoms with van der Waals surface area (Å²) in [5.74, 6) is -1.98. The molecule has 27 heavy (non-hydrogen) atoms. The van der Waals surface area contributed by atoms with Crippen LogP contribution in [0.15, 0.2) is 42.5 Å². The van der Waals surface area contributed by atoms with E-state index in [0.29, 0.717) is 5.56 Å². The number of benzene rings is 2. The van der Waals surface area contributed by atoms with Crippen LogP contribution in [-0.4, -0.2) is 23.8 Å². The average molecular weight is 392 g/mol. The number of ether oxygens (including phenoxy) is 1. The van der Waals surface area contributed by atoms with E-state index >= 15 is 0 Å². The van der Waals surface area contributed by atoms with Gasteiger partial charge in [0.2, 0.25) is 0 Å². The van der Waals surface area contributed by atoms with Crippen molar-refractivity contribution in [1.82, 2.24) is 0 Å². The Hall–Kier alpha value is -2.73. The van der Waals surface area contributed by atoms with Gasteiger partial charge in [-0.25, -0.2) is 4.39 Å². The van der Waals surface area contributed by atoms with Crippen molar-refractivity contribution >= 4 is 34.9 Å². The molecule has 0 fully saturated rings. The Labute approximate surface area is 161 Å². The molecule has 7 heteroatoms. The predicted octanol–water partition coefficient (Wildman–Crippen LogP) is 4.32. The number of aryl methyl sites for hydroxylation is 1. The third-order valence-electron chi connectivity index (χ3n) is 3.80. The third kappa shape index (κ3) is 6.18. The SMILES string of the molecule is Cc1ccc(C(=O)CCC(=O)OC(C)C(=O)Nc2ccc(F)cc2Cl)cc1. The molecular formula is C20H19ClFNO4. The van der Waals surface area contributed by atoms with Gasteiger partial charge in [0, 0.05) is 12.0 Å². The highest BCUT2D eigenvalue weighted by molar-refractivity contribution is 6.33. The lowest BCUT2D eigenvalue weighted by molar-refractivity contribution is -0.153. The summed E-state index contributed by atoms with van der Waals surface area (Å²) in [5, 5.41) is 2.49. The van der Waals surface area contributed by atoms with Crippen LogP contribution in [0.4, 0.5) is 10.1 Å². The monoisotopic (exact) mass is 391 g/mol. The summed E-state index contributed by atoms with van der Waals surface area (Å²) in [6, 6.07) is 10.6. The van der Waals surface area contributed by atoms with Gasteiger partial charge in [-0.3, -0.25) is 14.4 Å². The van der Waals surface area contributed by atoms with E-state index < -0.39 is 23.8 Å². The second-order valence-electron chi connectivity index (χ2n) is 6.03. The lowest BCUT2D eigenvalue weighted by Gasteiger charge is -2.14. The van der Waals surface area contributed by atoms with Crippen LogP contribution in [0.5, 0.6) is 0 Å². The van der Waals surface area contributed by atoms with Gasteiger partial charge < -0.3 is 10.1 Å². The first-order valence-corrected chi connectivity index (χ1v) is 8.69. The highest BCUT2D eigenvalue weighted by atomic mass is 35.5. The molecule has 0 heterocycles. The minimum atomic E-state index is -1.09. The van der Waals surface area contributed by atoms with Gasteiger partial charge in [-0.15, -0.1) is 0 Å². The number of halogens is 2. The molecule has 142 valence electrons.